The van der Waals surface area contributed by atoms with Gasteiger partial charge in [0.15, 0.2) is 0 Å². The zero-order chi connectivity index (χ0) is 8.31. The van der Waals surface area contributed by atoms with E-state index in [1.807, 2.05) is 0 Å². The van der Waals surface area contributed by atoms with Gasteiger partial charge < -0.3 is 2.85 Å². The second-order valence-electron chi connectivity index (χ2n) is 2.26. The van der Waals surface area contributed by atoms with Gasteiger partial charge in [-0.15, -0.1) is 0 Å². The first-order chi connectivity index (χ1) is 4.46. The molecule has 0 aliphatic heterocycles. The Morgan fingerprint density at radius 3 is 1.09 bits per heavy atom. The first kappa shape index (κ1) is 14.0. The summed E-state index contributed by atoms with van der Waals surface area (Å²) in [5.74, 6) is -2.15. The Hall–Kier alpha value is 0.491. The molecular weight excluding hydrogens is 220 g/mol. The fraction of sp³-hybridized carbons (Fsp3) is 0.571. The summed E-state index contributed by atoms with van der Waals surface area (Å²) in [4.78, 5) is 31.8. The van der Waals surface area contributed by atoms with Crippen LogP contribution in [0.4, 0.5) is 0 Å². The van der Waals surface area contributed by atoms with Gasteiger partial charge in [0.2, 0.25) is 0 Å². The van der Waals surface area contributed by atoms with Crippen molar-refractivity contribution in [3.63, 3.8) is 0 Å². The zero-order valence-corrected chi connectivity index (χ0v) is 10.5. The number of rotatable bonds is 3. The summed E-state index contributed by atoms with van der Waals surface area (Å²) in [6.45, 7) is 3.73. The number of Topliss-reactive ketones (excluding diaryl/α,β-unsaturated/α-hetero) is 3. The topological polar surface area (TPSA) is 51.2 Å². The molecule has 0 heterocycles. The van der Waals surface area contributed by atoms with Crippen LogP contribution < -0.4 is 0 Å². The molecule has 0 saturated heterocycles. The molecule has 0 atom stereocenters. The number of hydrogen-bond acceptors (Lipinski definition) is 3. The summed E-state index contributed by atoms with van der Waals surface area (Å²) < 4.78 is 0. The summed E-state index contributed by atoms with van der Waals surface area (Å²) in [5.41, 5.74) is 0. The Bertz CT molecular complexity index is 161. The van der Waals surface area contributed by atoms with E-state index >= 15 is 0 Å². The largest absolute Gasteiger partial charge is 2.00 e. The molecule has 11 heavy (non-hydrogen) atoms. The van der Waals surface area contributed by atoms with Crippen LogP contribution in [0.5, 0.6) is 0 Å². The van der Waals surface area contributed by atoms with E-state index in [2.05, 4.69) is 0 Å². The molecule has 4 heteroatoms. The van der Waals surface area contributed by atoms with E-state index < -0.39 is 5.92 Å². The molecule has 0 aromatic carbocycles. The fourth-order valence-electron chi connectivity index (χ4n) is 0.859. The molecule has 0 rings (SSSR count). The Morgan fingerprint density at radius 1 is 0.909 bits per heavy atom. The van der Waals surface area contributed by atoms with Crippen LogP contribution in [0.2, 0.25) is 0 Å². The van der Waals surface area contributed by atoms with Crippen LogP contribution in [-0.4, -0.2) is 62.8 Å². The summed E-state index contributed by atoms with van der Waals surface area (Å²) in [6.07, 6.45) is 0. The molecule has 0 aliphatic carbocycles. The first-order valence-corrected chi connectivity index (χ1v) is 2.98. The molecule has 0 spiro atoms. The van der Waals surface area contributed by atoms with E-state index in [-0.39, 0.29) is 65.7 Å². The third kappa shape index (κ3) is 4.85. The molecular formula is C7H12O3Sr. The van der Waals surface area contributed by atoms with E-state index in [1.165, 1.54) is 20.8 Å². The molecule has 3 nitrogen and oxygen atoms in total. The third-order valence-corrected chi connectivity index (χ3v) is 1.22. The van der Waals surface area contributed by atoms with E-state index in [0.29, 0.717) is 0 Å². The van der Waals surface area contributed by atoms with Crippen molar-refractivity contribution in [2.45, 2.75) is 20.8 Å². The molecule has 0 radical (unpaired) electrons. The second-order valence-corrected chi connectivity index (χ2v) is 2.26. The smallest absolute Gasteiger partial charge is 1.00 e. The van der Waals surface area contributed by atoms with Crippen molar-refractivity contribution in [3.05, 3.63) is 0 Å². The molecule has 0 saturated carbocycles. The van der Waals surface area contributed by atoms with E-state index in [9.17, 15) is 14.4 Å². The predicted molar refractivity (Wildman–Crippen MR) is 43.5 cm³/mol. The van der Waals surface area contributed by atoms with Gasteiger partial charge in [-0.3, -0.25) is 14.4 Å². The monoisotopic (exact) mass is 232 g/mol. The quantitative estimate of drug-likeness (QED) is 0.516. The van der Waals surface area contributed by atoms with Crippen molar-refractivity contribution in [3.8, 4) is 0 Å². The van der Waals surface area contributed by atoms with Gasteiger partial charge in [-0.1, -0.05) is 0 Å². The van der Waals surface area contributed by atoms with Crippen LogP contribution >= 0.6 is 0 Å². The van der Waals surface area contributed by atoms with Crippen molar-refractivity contribution in [2.24, 2.45) is 5.92 Å². The Morgan fingerprint density at radius 2 is 1.09 bits per heavy atom. The van der Waals surface area contributed by atoms with Crippen LogP contribution in [0, 0.1) is 5.92 Å². The van der Waals surface area contributed by atoms with Crippen LogP contribution in [0.15, 0.2) is 0 Å². The van der Waals surface area contributed by atoms with Crippen LogP contribution in [0.25, 0.3) is 0 Å². The van der Waals surface area contributed by atoms with Crippen molar-refractivity contribution in [1.29, 1.82) is 0 Å². The minimum absolute atomic E-state index is 0. The molecule has 0 N–H and O–H groups in total. The molecule has 0 aliphatic rings. The number of ketones is 3. The summed E-state index contributed by atoms with van der Waals surface area (Å²) >= 11 is 0. The second kappa shape index (κ2) is 6.06. The standard InChI is InChI=1S/C7H10O3.Sr.2H/c1-4(8)7(5(2)9)6(3)10;;;/h7H,1-3H3;;;/q;+2;2*-1. The van der Waals surface area contributed by atoms with Gasteiger partial charge in [-0.2, -0.15) is 0 Å². The maximum absolute atomic E-state index is 10.6. The van der Waals surface area contributed by atoms with Gasteiger partial charge >= 0.3 is 45.5 Å². The van der Waals surface area contributed by atoms with Crippen LogP contribution in [0.3, 0.4) is 0 Å². The fourth-order valence-corrected chi connectivity index (χ4v) is 0.859. The van der Waals surface area contributed by atoms with Crippen LogP contribution in [-0.2, 0) is 14.4 Å². The van der Waals surface area contributed by atoms with Gasteiger partial charge in [0.25, 0.3) is 0 Å². The van der Waals surface area contributed by atoms with Gasteiger partial charge in [0, 0.05) is 0 Å². The van der Waals surface area contributed by atoms with Gasteiger partial charge in [-0.05, 0) is 20.8 Å². The van der Waals surface area contributed by atoms with Crippen molar-refractivity contribution >= 4 is 62.8 Å². The summed E-state index contributed by atoms with van der Waals surface area (Å²) in [7, 11) is 0. The maximum atomic E-state index is 10.6. The number of hydrogen-bond donors (Lipinski definition) is 0. The maximum Gasteiger partial charge on any atom is 2.00 e. The Balaban J connectivity index is -0.000000135. The summed E-state index contributed by atoms with van der Waals surface area (Å²) in [5, 5.41) is 0. The minimum atomic E-state index is -1.03. The predicted octanol–water partition coefficient (Wildman–Crippen LogP) is 0.214. The van der Waals surface area contributed by atoms with Gasteiger partial charge in [0.1, 0.15) is 23.3 Å². The minimum Gasteiger partial charge on any atom is -1.00 e. The van der Waals surface area contributed by atoms with Crippen LogP contribution in [0.1, 0.15) is 23.6 Å². The van der Waals surface area contributed by atoms with Crippen molar-refractivity contribution < 1.29 is 17.2 Å². The van der Waals surface area contributed by atoms with Gasteiger partial charge in [0.05, 0.1) is 0 Å². The van der Waals surface area contributed by atoms with E-state index in [1.54, 1.807) is 0 Å². The van der Waals surface area contributed by atoms with E-state index in [0.717, 1.165) is 0 Å². The number of carbonyl (C=O) groups excluding carboxylic acids is 3. The first-order valence-electron chi connectivity index (χ1n) is 2.98. The molecule has 0 fully saturated rings. The zero-order valence-electron chi connectivity index (χ0n) is 9.01. The SMILES string of the molecule is CC(=O)C(C(C)=O)C(C)=O.[H-].[H-].[Sr+2]. The average molecular weight is 232 g/mol. The van der Waals surface area contributed by atoms with Crippen molar-refractivity contribution in [2.75, 3.05) is 0 Å². The molecule has 0 aromatic heterocycles. The van der Waals surface area contributed by atoms with E-state index in [4.69, 9.17) is 0 Å². The molecule has 60 valence electrons. The molecule has 0 bridgehead atoms. The van der Waals surface area contributed by atoms with Crippen molar-refractivity contribution in [1.82, 2.24) is 0 Å². The molecule has 0 amide bonds. The average Bonchev–Trinajstić information content (AvgIpc) is 1.59. The number of carbonyl (C=O) groups is 3. The molecule has 0 aromatic rings. The summed E-state index contributed by atoms with van der Waals surface area (Å²) in [6, 6.07) is 0. The Kier molecular flexibility index (Phi) is 7.73. The third-order valence-electron chi connectivity index (χ3n) is 1.22. The molecule has 0 unspecified atom stereocenters. The van der Waals surface area contributed by atoms with Gasteiger partial charge in [-0.25, -0.2) is 0 Å². The Labute approximate surface area is 106 Å². The normalized spacial score (nSPS) is 8.73.